The van der Waals surface area contributed by atoms with Gasteiger partial charge in [0.05, 0.1) is 24.9 Å². The van der Waals surface area contributed by atoms with Crippen LogP contribution in [-0.2, 0) is 16.0 Å². The highest BCUT2D eigenvalue weighted by atomic mass is 19.1. The van der Waals surface area contributed by atoms with Gasteiger partial charge in [0.15, 0.2) is 0 Å². The van der Waals surface area contributed by atoms with E-state index in [-0.39, 0.29) is 23.4 Å². The maximum atomic E-state index is 14.2. The quantitative estimate of drug-likeness (QED) is 0.654. The van der Waals surface area contributed by atoms with Crippen molar-refractivity contribution in [2.75, 3.05) is 18.2 Å². The van der Waals surface area contributed by atoms with Gasteiger partial charge in [0, 0.05) is 11.6 Å². The molecular formula is C18H27FN2O2. The first-order chi connectivity index (χ1) is 10.7. The van der Waals surface area contributed by atoms with Gasteiger partial charge in [-0.05, 0) is 42.7 Å². The lowest BCUT2D eigenvalue weighted by Crippen LogP contribution is -2.35. The Morgan fingerprint density at radius 2 is 2.13 bits per heavy atom. The van der Waals surface area contributed by atoms with Crippen molar-refractivity contribution in [1.82, 2.24) is 0 Å². The molecule has 1 aliphatic carbocycles. The molecule has 1 aromatic rings. The van der Waals surface area contributed by atoms with Crippen LogP contribution in [0.3, 0.4) is 0 Å². The molecule has 0 unspecified atom stereocenters. The van der Waals surface area contributed by atoms with E-state index < -0.39 is 11.8 Å². The van der Waals surface area contributed by atoms with Crippen LogP contribution in [0.1, 0.15) is 45.6 Å². The Hall–Kier alpha value is -1.78. The summed E-state index contributed by atoms with van der Waals surface area (Å²) < 4.78 is 18.8. The minimum atomic E-state index is -0.480. The molecule has 128 valence electrons. The first kappa shape index (κ1) is 17.6. The molecule has 5 heteroatoms. The first-order valence-electron chi connectivity index (χ1n) is 8.11. The Balaban J connectivity index is 2.14. The summed E-state index contributed by atoms with van der Waals surface area (Å²) in [5.41, 5.74) is 7.64. The van der Waals surface area contributed by atoms with Crippen LogP contribution in [0.4, 0.5) is 15.8 Å². The zero-order valence-electron chi connectivity index (χ0n) is 14.4. The second-order valence-corrected chi connectivity index (χ2v) is 7.54. The van der Waals surface area contributed by atoms with Crippen molar-refractivity contribution in [2.45, 2.75) is 52.5 Å². The van der Waals surface area contributed by atoms with Crippen molar-refractivity contribution in [3.63, 3.8) is 0 Å². The molecule has 1 saturated carbocycles. The van der Waals surface area contributed by atoms with Gasteiger partial charge < -0.3 is 15.8 Å². The molecule has 1 aliphatic rings. The number of hydrogen-bond donors (Lipinski definition) is 2. The van der Waals surface area contributed by atoms with Gasteiger partial charge in [0.2, 0.25) is 0 Å². The van der Waals surface area contributed by atoms with Gasteiger partial charge in [-0.15, -0.1) is 0 Å². The molecule has 4 nitrogen and oxygen atoms in total. The number of carbonyl (C=O) groups excluding carboxylic acids is 1. The topological polar surface area (TPSA) is 64.3 Å². The normalized spacial score (nSPS) is 23.3. The van der Waals surface area contributed by atoms with E-state index in [9.17, 15) is 9.18 Å². The van der Waals surface area contributed by atoms with E-state index in [1.165, 1.54) is 25.7 Å². The fourth-order valence-electron chi connectivity index (χ4n) is 3.80. The zero-order valence-corrected chi connectivity index (χ0v) is 14.4. The maximum Gasteiger partial charge on any atom is 0.310 e. The summed E-state index contributed by atoms with van der Waals surface area (Å²) in [6.45, 7) is 6.78. The minimum absolute atomic E-state index is 0.111. The monoisotopic (exact) mass is 322 g/mol. The van der Waals surface area contributed by atoms with Crippen LogP contribution >= 0.6 is 0 Å². The number of anilines is 2. The SMILES string of the molecule is COC(=O)Cc1cc(N)c(N[C@@H]2C[C@H](C)CC(C)(C)C2)cc1F. The Morgan fingerprint density at radius 1 is 1.43 bits per heavy atom. The number of hydrogen-bond acceptors (Lipinski definition) is 4. The fraction of sp³-hybridized carbons (Fsp3) is 0.611. The summed E-state index contributed by atoms with van der Waals surface area (Å²) in [5.74, 6) is -0.289. The van der Waals surface area contributed by atoms with Crippen LogP contribution in [0.5, 0.6) is 0 Å². The van der Waals surface area contributed by atoms with E-state index in [1.807, 2.05) is 0 Å². The van der Waals surface area contributed by atoms with Gasteiger partial charge in [0.25, 0.3) is 0 Å². The molecule has 0 radical (unpaired) electrons. The summed E-state index contributed by atoms with van der Waals surface area (Å²) >= 11 is 0. The largest absolute Gasteiger partial charge is 0.469 e. The average molecular weight is 322 g/mol. The lowest BCUT2D eigenvalue weighted by molar-refractivity contribution is -0.139. The van der Waals surface area contributed by atoms with Crippen molar-refractivity contribution in [3.05, 3.63) is 23.5 Å². The van der Waals surface area contributed by atoms with Crippen molar-refractivity contribution >= 4 is 17.3 Å². The molecule has 0 saturated heterocycles. The van der Waals surface area contributed by atoms with Crippen LogP contribution in [0.2, 0.25) is 0 Å². The van der Waals surface area contributed by atoms with Crippen molar-refractivity contribution in [1.29, 1.82) is 0 Å². The number of nitrogen functional groups attached to an aromatic ring is 1. The van der Waals surface area contributed by atoms with E-state index >= 15 is 0 Å². The third-order valence-electron chi connectivity index (χ3n) is 4.53. The molecule has 3 N–H and O–H groups in total. The van der Waals surface area contributed by atoms with Gasteiger partial charge >= 0.3 is 5.97 Å². The number of ether oxygens (including phenoxy) is 1. The third kappa shape index (κ3) is 4.60. The highest BCUT2D eigenvalue weighted by molar-refractivity contribution is 5.75. The average Bonchev–Trinajstić information content (AvgIpc) is 2.41. The molecule has 0 aromatic heterocycles. The first-order valence-corrected chi connectivity index (χ1v) is 8.11. The van der Waals surface area contributed by atoms with Crippen molar-refractivity contribution in [2.24, 2.45) is 11.3 Å². The minimum Gasteiger partial charge on any atom is -0.469 e. The van der Waals surface area contributed by atoms with Gasteiger partial charge in [-0.25, -0.2) is 4.39 Å². The van der Waals surface area contributed by atoms with Crippen LogP contribution in [0, 0.1) is 17.2 Å². The summed E-state index contributed by atoms with van der Waals surface area (Å²) in [6.07, 6.45) is 3.17. The standard InChI is InChI=1S/C18H27FN2O2/c1-11-5-13(10-18(2,3)9-11)21-16-8-14(19)12(6-15(16)20)7-17(22)23-4/h6,8,11,13,21H,5,7,9-10,20H2,1-4H3/t11-,13+/m0/s1. The predicted molar refractivity (Wildman–Crippen MR) is 90.7 cm³/mol. The fourth-order valence-corrected chi connectivity index (χ4v) is 3.80. The summed E-state index contributed by atoms with van der Waals surface area (Å²) in [7, 11) is 1.28. The number of halogens is 1. The number of benzene rings is 1. The second kappa shape index (κ2) is 6.77. The number of nitrogens with one attached hydrogen (secondary N) is 1. The maximum absolute atomic E-state index is 14.2. The van der Waals surface area contributed by atoms with E-state index in [0.717, 1.165) is 12.8 Å². The smallest absolute Gasteiger partial charge is 0.310 e. The number of rotatable bonds is 4. The van der Waals surface area contributed by atoms with Crippen molar-refractivity contribution in [3.8, 4) is 0 Å². The number of nitrogens with two attached hydrogens (primary N) is 1. The van der Waals surface area contributed by atoms with E-state index in [1.54, 1.807) is 0 Å². The molecule has 0 bridgehead atoms. The number of methoxy groups -OCH3 is 1. The summed E-state index contributed by atoms with van der Waals surface area (Å²) in [6, 6.07) is 3.19. The molecule has 0 heterocycles. The Kier molecular flexibility index (Phi) is 5.17. The molecule has 2 atom stereocenters. The molecule has 2 rings (SSSR count). The number of esters is 1. The molecule has 0 amide bonds. The van der Waals surface area contributed by atoms with Crippen molar-refractivity contribution < 1.29 is 13.9 Å². The van der Waals surface area contributed by atoms with E-state index in [4.69, 9.17) is 5.73 Å². The van der Waals surface area contributed by atoms with Crippen LogP contribution in [0.25, 0.3) is 0 Å². The molecule has 23 heavy (non-hydrogen) atoms. The molecule has 0 aliphatic heterocycles. The Labute approximate surface area is 137 Å². The van der Waals surface area contributed by atoms with E-state index in [0.29, 0.717) is 17.3 Å². The molecular weight excluding hydrogens is 295 g/mol. The lowest BCUT2D eigenvalue weighted by atomic mass is 9.70. The van der Waals surface area contributed by atoms with Crippen LogP contribution < -0.4 is 11.1 Å². The predicted octanol–water partition coefficient (Wildman–Crippen LogP) is 3.75. The summed E-state index contributed by atoms with van der Waals surface area (Å²) in [5, 5.41) is 3.39. The Morgan fingerprint density at radius 3 is 2.74 bits per heavy atom. The van der Waals surface area contributed by atoms with Crippen LogP contribution in [0.15, 0.2) is 12.1 Å². The highest BCUT2D eigenvalue weighted by Crippen LogP contribution is 2.40. The lowest BCUT2D eigenvalue weighted by Gasteiger charge is -2.39. The third-order valence-corrected chi connectivity index (χ3v) is 4.53. The van der Waals surface area contributed by atoms with Crippen LogP contribution in [-0.4, -0.2) is 19.1 Å². The van der Waals surface area contributed by atoms with Gasteiger partial charge in [-0.1, -0.05) is 20.8 Å². The molecule has 0 spiro atoms. The second-order valence-electron chi connectivity index (χ2n) is 7.54. The van der Waals surface area contributed by atoms with Gasteiger partial charge in [-0.2, -0.15) is 0 Å². The Bertz CT molecular complexity index is 587. The van der Waals surface area contributed by atoms with E-state index in [2.05, 4.69) is 30.8 Å². The van der Waals surface area contributed by atoms with Gasteiger partial charge in [-0.3, -0.25) is 4.79 Å². The molecule has 1 fully saturated rings. The highest BCUT2D eigenvalue weighted by Gasteiger charge is 2.32. The zero-order chi connectivity index (χ0) is 17.2. The number of carbonyl (C=O) groups is 1. The van der Waals surface area contributed by atoms with Gasteiger partial charge in [0.1, 0.15) is 5.82 Å². The summed E-state index contributed by atoms with van der Waals surface area (Å²) in [4.78, 5) is 11.3. The molecule has 1 aromatic carbocycles.